The molecule has 0 radical (unpaired) electrons. The first-order chi connectivity index (χ1) is 10.3. The highest BCUT2D eigenvalue weighted by Crippen LogP contribution is 2.23. The van der Waals surface area contributed by atoms with Crippen LogP contribution in [0.5, 0.6) is 5.75 Å². The fourth-order valence-corrected chi connectivity index (χ4v) is 2.76. The second kappa shape index (κ2) is 4.77. The summed E-state index contributed by atoms with van der Waals surface area (Å²) in [6.45, 7) is 2.16. The van der Waals surface area contributed by atoms with Gasteiger partial charge >= 0.3 is 0 Å². The van der Waals surface area contributed by atoms with Gasteiger partial charge in [0.25, 0.3) is 0 Å². The van der Waals surface area contributed by atoms with E-state index in [1.807, 2.05) is 35.0 Å². The summed E-state index contributed by atoms with van der Waals surface area (Å²) in [7, 11) is 0. The van der Waals surface area contributed by atoms with Crippen LogP contribution in [0, 0.1) is 0 Å². The van der Waals surface area contributed by atoms with Crippen LogP contribution in [-0.2, 0) is 0 Å². The van der Waals surface area contributed by atoms with Gasteiger partial charge < -0.3 is 10.0 Å². The van der Waals surface area contributed by atoms with E-state index in [9.17, 15) is 5.11 Å². The lowest BCUT2D eigenvalue weighted by Gasteiger charge is -2.15. The van der Waals surface area contributed by atoms with Crippen molar-refractivity contribution < 1.29 is 5.11 Å². The van der Waals surface area contributed by atoms with E-state index in [0.717, 1.165) is 30.2 Å². The summed E-state index contributed by atoms with van der Waals surface area (Å²) in [5.41, 5.74) is 1.84. The molecule has 1 aliphatic rings. The minimum absolute atomic E-state index is 0.261. The molecule has 0 aliphatic carbocycles. The number of aromatic hydroxyl groups is 1. The van der Waals surface area contributed by atoms with Gasteiger partial charge in [0.2, 0.25) is 5.78 Å². The molecule has 1 saturated heterocycles. The number of rotatable bonds is 2. The van der Waals surface area contributed by atoms with Gasteiger partial charge in [-0.25, -0.2) is 4.98 Å². The molecule has 3 heterocycles. The van der Waals surface area contributed by atoms with Crippen molar-refractivity contribution in [2.75, 3.05) is 18.0 Å². The Kier molecular flexibility index (Phi) is 2.77. The largest absolute Gasteiger partial charge is 0.508 e. The summed E-state index contributed by atoms with van der Waals surface area (Å²) >= 11 is 0. The average Bonchev–Trinajstić information content (AvgIpc) is 3.16. The molecule has 0 atom stereocenters. The zero-order chi connectivity index (χ0) is 14.2. The van der Waals surface area contributed by atoms with Gasteiger partial charge in [0, 0.05) is 31.0 Å². The lowest BCUT2D eigenvalue weighted by Crippen LogP contribution is -2.19. The van der Waals surface area contributed by atoms with Gasteiger partial charge in [0.15, 0.2) is 0 Å². The minimum atomic E-state index is 0.261. The van der Waals surface area contributed by atoms with E-state index in [1.165, 1.54) is 12.8 Å². The molecule has 5 nitrogen and oxygen atoms in total. The normalized spacial score (nSPS) is 15.0. The number of phenols is 1. The SMILES string of the molecule is Oc1ccc(-c2cn3ccc(N4CCCC4)nc3n2)cc1. The number of benzene rings is 1. The van der Waals surface area contributed by atoms with E-state index in [0.29, 0.717) is 5.78 Å². The van der Waals surface area contributed by atoms with Crippen molar-refractivity contribution in [3.63, 3.8) is 0 Å². The Morgan fingerprint density at radius 3 is 2.48 bits per heavy atom. The monoisotopic (exact) mass is 280 g/mol. The first kappa shape index (κ1) is 12.2. The Balaban J connectivity index is 1.73. The molecule has 5 heteroatoms. The van der Waals surface area contributed by atoms with Crippen LogP contribution in [0.1, 0.15) is 12.8 Å². The average molecular weight is 280 g/mol. The molecule has 0 unspecified atom stereocenters. The third-order valence-electron chi connectivity index (χ3n) is 3.90. The van der Waals surface area contributed by atoms with Gasteiger partial charge in [-0.15, -0.1) is 0 Å². The van der Waals surface area contributed by atoms with E-state index < -0.39 is 0 Å². The molecule has 106 valence electrons. The molecule has 4 rings (SSSR count). The molecule has 1 aliphatic heterocycles. The highest BCUT2D eigenvalue weighted by atomic mass is 16.3. The quantitative estimate of drug-likeness (QED) is 0.784. The summed E-state index contributed by atoms with van der Waals surface area (Å²) < 4.78 is 1.93. The standard InChI is InChI=1S/C16H16N4O/c21-13-5-3-12(4-6-13)14-11-20-10-7-15(18-16(20)17-14)19-8-1-2-9-19/h3-7,10-11,21H,1-2,8-9H2. The molecule has 1 fully saturated rings. The van der Waals surface area contributed by atoms with Gasteiger partial charge in [-0.3, -0.25) is 4.40 Å². The summed E-state index contributed by atoms with van der Waals surface area (Å²) in [5, 5.41) is 9.36. The van der Waals surface area contributed by atoms with Gasteiger partial charge in [-0.05, 0) is 43.2 Å². The summed E-state index contributed by atoms with van der Waals surface area (Å²) in [6, 6.07) is 9.10. The predicted molar refractivity (Wildman–Crippen MR) is 81.5 cm³/mol. The van der Waals surface area contributed by atoms with Crippen LogP contribution in [0.25, 0.3) is 17.0 Å². The first-order valence-corrected chi connectivity index (χ1v) is 7.20. The second-order valence-electron chi connectivity index (χ2n) is 5.36. The van der Waals surface area contributed by atoms with Crippen molar-refractivity contribution in [2.45, 2.75) is 12.8 Å². The minimum Gasteiger partial charge on any atom is -0.508 e. The molecule has 3 aromatic rings. The topological polar surface area (TPSA) is 53.7 Å². The highest BCUT2D eigenvalue weighted by Gasteiger charge is 2.14. The molecule has 0 bridgehead atoms. The van der Waals surface area contributed by atoms with Gasteiger partial charge in [-0.2, -0.15) is 4.98 Å². The van der Waals surface area contributed by atoms with Crippen molar-refractivity contribution >= 4 is 11.6 Å². The zero-order valence-electron chi connectivity index (χ0n) is 11.6. The molecule has 1 N–H and O–H groups in total. The van der Waals surface area contributed by atoms with Crippen LogP contribution in [0.2, 0.25) is 0 Å². The van der Waals surface area contributed by atoms with Crippen LogP contribution in [0.3, 0.4) is 0 Å². The second-order valence-corrected chi connectivity index (χ2v) is 5.36. The third-order valence-corrected chi connectivity index (χ3v) is 3.90. The van der Waals surface area contributed by atoms with Gasteiger partial charge in [0.05, 0.1) is 5.69 Å². The fraction of sp³-hybridized carbons (Fsp3) is 0.250. The molecule has 0 saturated carbocycles. The predicted octanol–water partition coefficient (Wildman–Crippen LogP) is 2.70. The fourth-order valence-electron chi connectivity index (χ4n) is 2.76. The van der Waals surface area contributed by atoms with E-state index in [4.69, 9.17) is 0 Å². The van der Waals surface area contributed by atoms with Crippen LogP contribution in [-0.4, -0.2) is 32.6 Å². The maximum absolute atomic E-state index is 9.36. The van der Waals surface area contributed by atoms with Crippen LogP contribution < -0.4 is 4.90 Å². The molecular weight excluding hydrogens is 264 g/mol. The number of hydrogen-bond acceptors (Lipinski definition) is 4. The van der Waals surface area contributed by atoms with Gasteiger partial charge in [0.1, 0.15) is 11.6 Å². The van der Waals surface area contributed by atoms with Crippen molar-refractivity contribution in [3.8, 4) is 17.0 Å². The van der Waals surface area contributed by atoms with E-state index in [2.05, 4.69) is 14.9 Å². The van der Waals surface area contributed by atoms with Crippen LogP contribution in [0.15, 0.2) is 42.7 Å². The maximum Gasteiger partial charge on any atom is 0.236 e. The van der Waals surface area contributed by atoms with Crippen molar-refractivity contribution in [3.05, 3.63) is 42.7 Å². The Morgan fingerprint density at radius 1 is 0.952 bits per heavy atom. The van der Waals surface area contributed by atoms with E-state index in [1.54, 1.807) is 12.1 Å². The third kappa shape index (κ3) is 2.20. The Labute approximate surface area is 122 Å². The summed E-state index contributed by atoms with van der Waals surface area (Å²) in [4.78, 5) is 11.5. The Bertz CT molecular complexity index is 773. The number of hydrogen-bond donors (Lipinski definition) is 1. The van der Waals surface area contributed by atoms with Gasteiger partial charge in [-0.1, -0.05) is 0 Å². The molecule has 1 aromatic carbocycles. The smallest absolute Gasteiger partial charge is 0.236 e. The maximum atomic E-state index is 9.36. The first-order valence-electron chi connectivity index (χ1n) is 7.20. The van der Waals surface area contributed by atoms with Crippen molar-refractivity contribution in [1.29, 1.82) is 0 Å². The van der Waals surface area contributed by atoms with Crippen molar-refractivity contribution in [1.82, 2.24) is 14.4 Å². The molecule has 0 amide bonds. The number of fused-ring (bicyclic) bond motifs is 1. The number of phenolic OH excluding ortho intramolecular Hbond substituents is 1. The highest BCUT2D eigenvalue weighted by molar-refractivity contribution is 5.62. The summed E-state index contributed by atoms with van der Waals surface area (Å²) in [5.74, 6) is 1.97. The molecular formula is C16H16N4O. The number of anilines is 1. The number of aromatic nitrogens is 3. The lowest BCUT2D eigenvalue weighted by atomic mass is 10.2. The Morgan fingerprint density at radius 2 is 1.71 bits per heavy atom. The van der Waals surface area contributed by atoms with E-state index in [-0.39, 0.29) is 5.75 Å². The van der Waals surface area contributed by atoms with Crippen molar-refractivity contribution in [2.24, 2.45) is 0 Å². The van der Waals surface area contributed by atoms with Crippen LogP contribution >= 0.6 is 0 Å². The zero-order valence-corrected chi connectivity index (χ0v) is 11.6. The molecule has 0 spiro atoms. The molecule has 21 heavy (non-hydrogen) atoms. The van der Waals surface area contributed by atoms with Crippen LogP contribution in [0.4, 0.5) is 5.82 Å². The number of imidazole rings is 1. The van der Waals surface area contributed by atoms with E-state index >= 15 is 0 Å². The molecule has 2 aromatic heterocycles. The summed E-state index contributed by atoms with van der Waals surface area (Å²) in [6.07, 6.45) is 6.44. The lowest BCUT2D eigenvalue weighted by molar-refractivity contribution is 0.475. The Hall–Kier alpha value is -2.56. The number of nitrogens with zero attached hydrogens (tertiary/aromatic N) is 4.